The summed E-state index contributed by atoms with van der Waals surface area (Å²) >= 11 is 0. The Morgan fingerprint density at radius 1 is 1.21 bits per heavy atom. The number of aromatic nitrogens is 2. The Kier molecular flexibility index (Phi) is 6.85. The average molecular weight is 455 g/mol. The van der Waals surface area contributed by atoms with Gasteiger partial charge in [-0.05, 0) is 61.7 Å². The average Bonchev–Trinajstić information content (AvgIpc) is 2.84. The summed E-state index contributed by atoms with van der Waals surface area (Å²) in [5.41, 5.74) is 5.71. The van der Waals surface area contributed by atoms with E-state index in [0.717, 1.165) is 28.8 Å². The van der Waals surface area contributed by atoms with Crippen molar-refractivity contribution in [2.45, 2.75) is 26.3 Å². The van der Waals surface area contributed by atoms with Crippen molar-refractivity contribution in [3.05, 3.63) is 112 Å². The zero-order valence-corrected chi connectivity index (χ0v) is 19.0. The van der Waals surface area contributed by atoms with Crippen LogP contribution in [0.3, 0.4) is 0 Å². The van der Waals surface area contributed by atoms with Crippen LogP contribution in [0.15, 0.2) is 95.7 Å². The van der Waals surface area contributed by atoms with Crippen LogP contribution in [-0.2, 0) is 0 Å². The molecule has 1 aliphatic carbocycles. The molecule has 2 heterocycles. The first-order valence-electron chi connectivity index (χ1n) is 11.0. The topological polar surface area (TPSA) is 96.2 Å². The molecule has 2 aromatic heterocycles. The zero-order chi connectivity index (χ0) is 24.1. The third-order valence-electron chi connectivity index (χ3n) is 5.36. The summed E-state index contributed by atoms with van der Waals surface area (Å²) < 4.78 is 1.75. The van der Waals surface area contributed by atoms with Crippen LogP contribution in [0.5, 0.6) is 0 Å². The second-order valence-electron chi connectivity index (χ2n) is 8.23. The van der Waals surface area contributed by atoms with Crippen molar-refractivity contribution in [1.82, 2.24) is 20.3 Å². The molecule has 0 bridgehead atoms. The Labute approximate surface area is 197 Å². The van der Waals surface area contributed by atoms with Gasteiger partial charge >= 0.3 is 0 Å². The molecule has 172 valence electrons. The number of hydrogen-bond donors (Lipinski definition) is 3. The number of fused-ring (bicyclic) bond motifs is 1. The Morgan fingerprint density at radius 3 is 2.79 bits per heavy atom. The minimum Gasteiger partial charge on any atom is -0.350 e. The van der Waals surface area contributed by atoms with E-state index < -0.39 is 5.91 Å². The molecule has 1 aliphatic rings. The monoisotopic (exact) mass is 454 g/mol. The van der Waals surface area contributed by atoms with Crippen LogP contribution in [0, 0.1) is 0 Å². The number of hydroxylamine groups is 1. The van der Waals surface area contributed by atoms with Gasteiger partial charge in [-0.3, -0.25) is 20.3 Å². The van der Waals surface area contributed by atoms with E-state index in [4.69, 9.17) is 0 Å². The number of nitrogens with one attached hydrogen (secondary N) is 2. The van der Waals surface area contributed by atoms with Gasteiger partial charge in [0.2, 0.25) is 5.43 Å². The molecule has 3 aromatic rings. The highest BCUT2D eigenvalue weighted by molar-refractivity contribution is 5.97. The van der Waals surface area contributed by atoms with Crippen molar-refractivity contribution in [3.8, 4) is 5.69 Å². The Hall–Kier alpha value is -4.23. The summed E-state index contributed by atoms with van der Waals surface area (Å²) in [5.74, 6) is -0.428. The number of amides is 1. The molecule has 34 heavy (non-hydrogen) atoms. The molecule has 3 N–H and O–H groups in total. The summed E-state index contributed by atoms with van der Waals surface area (Å²) in [6, 6.07) is 10.9. The first-order chi connectivity index (χ1) is 16.5. The third kappa shape index (κ3) is 4.89. The van der Waals surface area contributed by atoms with E-state index in [1.54, 1.807) is 22.9 Å². The zero-order valence-electron chi connectivity index (χ0n) is 19.0. The Morgan fingerprint density at radius 2 is 2.06 bits per heavy atom. The highest BCUT2D eigenvalue weighted by Crippen LogP contribution is 2.24. The maximum absolute atomic E-state index is 13.0. The molecule has 4 rings (SSSR count). The number of rotatable bonds is 6. The van der Waals surface area contributed by atoms with Crippen molar-refractivity contribution in [2.24, 2.45) is 0 Å². The molecule has 1 aromatic carbocycles. The number of hydrogen-bond acceptors (Lipinski definition) is 5. The van der Waals surface area contributed by atoms with E-state index >= 15 is 0 Å². The highest BCUT2D eigenvalue weighted by Gasteiger charge is 2.17. The van der Waals surface area contributed by atoms with E-state index in [-0.39, 0.29) is 17.0 Å². The maximum Gasteiger partial charge on any atom is 0.256 e. The standard InChI is InChI=1S/C27H26N4O3/c1-18(2)30-27(33)24-17-31(26-23(25(24)32)12-7-13-28-26)22-11-6-10-20(15-22)21(16-29-34)14-19-8-4-3-5-9-19/h3-8,10-18,29,34H,9H2,1-2H3,(H,30,33)/b19-14-,21-16+. The molecule has 0 aliphatic heterocycles. The fourth-order valence-corrected chi connectivity index (χ4v) is 3.81. The number of carbonyl (C=O) groups excluding carboxylic acids is 1. The smallest absolute Gasteiger partial charge is 0.256 e. The normalized spacial score (nSPS) is 14.7. The van der Waals surface area contributed by atoms with E-state index in [9.17, 15) is 14.8 Å². The van der Waals surface area contributed by atoms with Crippen molar-refractivity contribution in [3.63, 3.8) is 0 Å². The quantitative estimate of drug-likeness (QED) is 0.483. The summed E-state index contributed by atoms with van der Waals surface area (Å²) in [7, 11) is 0. The van der Waals surface area contributed by atoms with Crippen LogP contribution in [0.1, 0.15) is 36.2 Å². The fourth-order valence-electron chi connectivity index (χ4n) is 3.81. The van der Waals surface area contributed by atoms with Gasteiger partial charge in [0.1, 0.15) is 11.2 Å². The van der Waals surface area contributed by atoms with E-state index in [0.29, 0.717) is 11.0 Å². The van der Waals surface area contributed by atoms with Gasteiger partial charge in [0.05, 0.1) is 5.39 Å². The van der Waals surface area contributed by atoms with Crippen molar-refractivity contribution < 1.29 is 10.0 Å². The molecule has 0 atom stereocenters. The molecule has 0 fully saturated rings. The van der Waals surface area contributed by atoms with Gasteiger partial charge in [-0.25, -0.2) is 4.98 Å². The molecule has 0 radical (unpaired) electrons. The highest BCUT2D eigenvalue weighted by atomic mass is 16.5. The van der Waals surface area contributed by atoms with Gasteiger partial charge in [-0.2, -0.15) is 0 Å². The van der Waals surface area contributed by atoms with E-state index in [2.05, 4.69) is 21.9 Å². The van der Waals surface area contributed by atoms with Crippen LogP contribution in [0.25, 0.3) is 22.3 Å². The molecular formula is C27H26N4O3. The Balaban J connectivity index is 1.86. The van der Waals surface area contributed by atoms with Gasteiger partial charge in [-0.1, -0.05) is 36.4 Å². The fraction of sp³-hybridized carbons (Fsp3) is 0.148. The summed E-state index contributed by atoms with van der Waals surface area (Å²) in [6.45, 7) is 3.69. The maximum atomic E-state index is 13.0. The van der Waals surface area contributed by atoms with Crippen molar-refractivity contribution in [2.75, 3.05) is 0 Å². The van der Waals surface area contributed by atoms with Crippen LogP contribution >= 0.6 is 0 Å². The number of nitrogens with zero attached hydrogens (tertiary/aromatic N) is 2. The second-order valence-corrected chi connectivity index (χ2v) is 8.23. The lowest BCUT2D eigenvalue weighted by Crippen LogP contribution is -2.34. The molecule has 1 amide bonds. The van der Waals surface area contributed by atoms with Gasteiger partial charge < -0.3 is 9.88 Å². The minimum absolute atomic E-state index is 0.0497. The SMILES string of the molecule is CC(C)NC(=O)c1cn(-c2cccc(C(/C=C3/C=CC=CC3)=C/NO)c2)c2ncccc2c1=O. The Bertz CT molecular complexity index is 1410. The molecule has 0 saturated carbocycles. The third-order valence-corrected chi connectivity index (χ3v) is 5.36. The van der Waals surface area contributed by atoms with Gasteiger partial charge in [-0.15, -0.1) is 0 Å². The number of pyridine rings is 2. The molecular weight excluding hydrogens is 428 g/mol. The second kappa shape index (κ2) is 10.1. The van der Waals surface area contributed by atoms with Gasteiger partial charge in [0, 0.05) is 35.9 Å². The first kappa shape index (κ1) is 22.9. The predicted octanol–water partition coefficient (Wildman–Crippen LogP) is 4.29. The van der Waals surface area contributed by atoms with Crippen LogP contribution in [0.2, 0.25) is 0 Å². The summed E-state index contributed by atoms with van der Waals surface area (Å²) in [5, 5.41) is 12.5. The molecule has 0 unspecified atom stereocenters. The largest absolute Gasteiger partial charge is 0.350 e. The molecule has 0 spiro atoms. The first-order valence-corrected chi connectivity index (χ1v) is 11.0. The van der Waals surface area contributed by atoms with Gasteiger partial charge in [0.25, 0.3) is 5.91 Å². The lowest BCUT2D eigenvalue weighted by atomic mass is 10.00. The van der Waals surface area contributed by atoms with E-state index in [1.807, 2.05) is 62.4 Å². The molecule has 7 nitrogen and oxygen atoms in total. The van der Waals surface area contributed by atoms with Crippen molar-refractivity contribution >= 4 is 22.5 Å². The number of benzene rings is 1. The number of carbonyl (C=O) groups is 1. The molecule has 0 saturated heterocycles. The lowest BCUT2D eigenvalue weighted by Gasteiger charge is -2.15. The summed E-state index contributed by atoms with van der Waals surface area (Å²) in [6.07, 6.45) is 15.5. The predicted molar refractivity (Wildman–Crippen MR) is 134 cm³/mol. The number of allylic oxidation sites excluding steroid dienone is 7. The van der Waals surface area contributed by atoms with Crippen LogP contribution < -0.4 is 16.2 Å². The molecule has 7 heteroatoms. The van der Waals surface area contributed by atoms with Crippen LogP contribution in [-0.4, -0.2) is 26.7 Å². The van der Waals surface area contributed by atoms with Crippen molar-refractivity contribution in [1.29, 1.82) is 0 Å². The summed E-state index contributed by atoms with van der Waals surface area (Å²) in [4.78, 5) is 30.2. The van der Waals surface area contributed by atoms with Crippen LogP contribution in [0.4, 0.5) is 0 Å². The minimum atomic E-state index is -0.428. The van der Waals surface area contributed by atoms with E-state index in [1.165, 1.54) is 12.4 Å². The lowest BCUT2D eigenvalue weighted by molar-refractivity contribution is 0.0941. The van der Waals surface area contributed by atoms with Gasteiger partial charge in [0.15, 0.2) is 0 Å².